The zero-order valence-electron chi connectivity index (χ0n) is 12.1. The Kier molecular flexibility index (Phi) is 3.15. The molecule has 5 heteroatoms. The molecule has 1 saturated heterocycles. The smallest absolute Gasteiger partial charge is 0.254 e. The van der Waals surface area contributed by atoms with Crippen molar-refractivity contribution >= 4 is 23.1 Å². The molecule has 1 fully saturated rings. The first-order valence-electron chi connectivity index (χ1n) is 7.54. The number of rotatable bonds is 2. The maximum Gasteiger partial charge on any atom is 0.254 e. The Hall–Kier alpha value is -2.27. The Morgan fingerprint density at radius 3 is 3.09 bits per heavy atom. The van der Waals surface area contributed by atoms with Gasteiger partial charge in [0.25, 0.3) is 5.91 Å². The van der Waals surface area contributed by atoms with E-state index in [2.05, 4.69) is 4.98 Å². The molecule has 2 aromatic rings. The monoisotopic (exact) mass is 296 g/mol. The summed E-state index contributed by atoms with van der Waals surface area (Å²) in [6.07, 6.45) is 4.44. The van der Waals surface area contributed by atoms with Gasteiger partial charge in [-0.25, -0.2) is 0 Å². The Balaban J connectivity index is 1.82. The van der Waals surface area contributed by atoms with Crippen molar-refractivity contribution in [2.24, 2.45) is 0 Å². The van der Waals surface area contributed by atoms with E-state index in [1.165, 1.54) is 0 Å². The van der Waals surface area contributed by atoms with Crippen molar-refractivity contribution in [3.05, 3.63) is 41.1 Å². The predicted molar refractivity (Wildman–Crippen MR) is 80.8 cm³/mol. The van der Waals surface area contributed by atoms with E-state index >= 15 is 0 Å². The van der Waals surface area contributed by atoms with Crippen LogP contribution in [0.3, 0.4) is 0 Å². The summed E-state index contributed by atoms with van der Waals surface area (Å²) >= 11 is 0. The van der Waals surface area contributed by atoms with Crippen LogP contribution >= 0.6 is 0 Å². The van der Waals surface area contributed by atoms with Gasteiger partial charge in [-0.2, -0.15) is 0 Å². The SMILES string of the molecule is O=Cc1cc2c(c3ncccc13)CN(C1CCCOC1)C2=O. The standard InChI is InChI=1S/C17H16N2O3/c20-9-11-7-14-15(16-13(11)4-1-5-18-16)8-19(17(14)21)12-3-2-6-22-10-12/h1,4-5,7,9,12H,2-3,6,8,10H2. The second-order valence-corrected chi connectivity index (χ2v) is 5.81. The summed E-state index contributed by atoms with van der Waals surface area (Å²) in [4.78, 5) is 30.3. The molecule has 0 N–H and O–H groups in total. The topological polar surface area (TPSA) is 59.5 Å². The summed E-state index contributed by atoms with van der Waals surface area (Å²) in [5.41, 5.74) is 2.82. The van der Waals surface area contributed by atoms with Crippen LogP contribution in [0.2, 0.25) is 0 Å². The van der Waals surface area contributed by atoms with E-state index in [0.717, 1.165) is 42.2 Å². The molecule has 0 spiro atoms. The van der Waals surface area contributed by atoms with E-state index in [4.69, 9.17) is 4.74 Å². The zero-order chi connectivity index (χ0) is 15.1. The Labute approximate surface area is 127 Å². The van der Waals surface area contributed by atoms with Crippen LogP contribution in [0.1, 0.15) is 39.1 Å². The van der Waals surface area contributed by atoms with Gasteiger partial charge in [0.1, 0.15) is 0 Å². The molecule has 3 heterocycles. The van der Waals surface area contributed by atoms with Crippen LogP contribution in [0.4, 0.5) is 0 Å². The van der Waals surface area contributed by atoms with Gasteiger partial charge in [0.15, 0.2) is 6.29 Å². The number of pyridine rings is 1. The molecule has 1 aromatic heterocycles. The summed E-state index contributed by atoms with van der Waals surface area (Å²) in [5, 5.41) is 0.811. The van der Waals surface area contributed by atoms with Gasteiger partial charge in [-0.3, -0.25) is 14.6 Å². The lowest BCUT2D eigenvalue weighted by molar-refractivity contribution is 0.0179. The molecular weight excluding hydrogens is 280 g/mol. The van der Waals surface area contributed by atoms with E-state index in [1.54, 1.807) is 12.3 Å². The first kappa shape index (κ1) is 13.4. The second-order valence-electron chi connectivity index (χ2n) is 5.81. The van der Waals surface area contributed by atoms with Crippen molar-refractivity contribution in [2.75, 3.05) is 13.2 Å². The number of aromatic nitrogens is 1. The van der Waals surface area contributed by atoms with Gasteiger partial charge in [0.2, 0.25) is 0 Å². The van der Waals surface area contributed by atoms with Gasteiger partial charge >= 0.3 is 0 Å². The molecule has 1 unspecified atom stereocenters. The molecule has 22 heavy (non-hydrogen) atoms. The minimum absolute atomic E-state index is 0.0128. The van der Waals surface area contributed by atoms with E-state index < -0.39 is 0 Å². The maximum absolute atomic E-state index is 12.7. The van der Waals surface area contributed by atoms with E-state index in [-0.39, 0.29) is 11.9 Å². The molecule has 1 atom stereocenters. The number of fused-ring (bicyclic) bond motifs is 3. The third-order valence-electron chi connectivity index (χ3n) is 4.55. The lowest BCUT2D eigenvalue weighted by Gasteiger charge is -2.30. The van der Waals surface area contributed by atoms with Gasteiger partial charge in [0.05, 0.1) is 18.2 Å². The molecule has 0 radical (unpaired) electrons. The van der Waals surface area contributed by atoms with Gasteiger partial charge in [-0.1, -0.05) is 6.07 Å². The number of aldehydes is 1. The number of benzene rings is 1. The average Bonchev–Trinajstić information content (AvgIpc) is 2.92. The third kappa shape index (κ3) is 1.93. The molecule has 5 nitrogen and oxygen atoms in total. The fourth-order valence-corrected chi connectivity index (χ4v) is 3.44. The Morgan fingerprint density at radius 2 is 2.32 bits per heavy atom. The predicted octanol–water partition coefficient (Wildman–Crippen LogP) is 2.18. The van der Waals surface area contributed by atoms with Gasteiger partial charge in [-0.05, 0) is 25.0 Å². The fraction of sp³-hybridized carbons (Fsp3) is 0.353. The number of nitrogens with zero attached hydrogens (tertiary/aromatic N) is 2. The zero-order valence-corrected chi connectivity index (χ0v) is 12.1. The number of amides is 1. The van der Waals surface area contributed by atoms with E-state index in [9.17, 15) is 9.59 Å². The van der Waals surface area contributed by atoms with Crippen molar-refractivity contribution in [3.8, 4) is 0 Å². The summed E-state index contributed by atoms with van der Waals surface area (Å²) in [7, 11) is 0. The number of hydrogen-bond donors (Lipinski definition) is 0. The molecule has 0 bridgehead atoms. The quantitative estimate of drug-likeness (QED) is 0.797. The largest absolute Gasteiger partial charge is 0.379 e. The minimum Gasteiger partial charge on any atom is -0.379 e. The first-order valence-corrected chi connectivity index (χ1v) is 7.54. The van der Waals surface area contributed by atoms with Gasteiger partial charge < -0.3 is 9.64 Å². The summed E-state index contributed by atoms with van der Waals surface area (Å²) in [6.45, 7) is 1.91. The molecular formula is C17H16N2O3. The van der Waals surface area contributed by atoms with Crippen LogP contribution < -0.4 is 0 Å². The highest BCUT2D eigenvalue weighted by Crippen LogP contribution is 2.33. The molecule has 1 aromatic carbocycles. The summed E-state index contributed by atoms with van der Waals surface area (Å²) in [6, 6.07) is 5.51. The molecule has 2 aliphatic heterocycles. The van der Waals surface area contributed by atoms with Crippen LogP contribution in [0.5, 0.6) is 0 Å². The maximum atomic E-state index is 12.7. The Bertz CT molecular complexity index is 766. The van der Waals surface area contributed by atoms with Crippen LogP contribution in [0, 0.1) is 0 Å². The fourth-order valence-electron chi connectivity index (χ4n) is 3.44. The number of carbonyl (C=O) groups excluding carboxylic acids is 2. The average molecular weight is 296 g/mol. The minimum atomic E-state index is -0.0128. The molecule has 2 aliphatic rings. The lowest BCUT2D eigenvalue weighted by Crippen LogP contribution is -2.41. The second kappa shape index (κ2) is 5.18. The Morgan fingerprint density at radius 1 is 1.41 bits per heavy atom. The van der Waals surface area contributed by atoms with Gasteiger partial charge in [0, 0.05) is 41.4 Å². The number of carbonyl (C=O) groups is 2. The molecule has 0 saturated carbocycles. The molecule has 0 aliphatic carbocycles. The van der Waals surface area contributed by atoms with Crippen molar-refractivity contribution in [1.82, 2.24) is 9.88 Å². The molecule has 112 valence electrons. The summed E-state index contributed by atoms with van der Waals surface area (Å²) < 4.78 is 5.51. The lowest BCUT2D eigenvalue weighted by atomic mass is 10.0. The highest BCUT2D eigenvalue weighted by atomic mass is 16.5. The normalized spacial score (nSPS) is 21.2. The van der Waals surface area contributed by atoms with Crippen molar-refractivity contribution in [3.63, 3.8) is 0 Å². The molecule has 1 amide bonds. The van der Waals surface area contributed by atoms with Crippen LogP contribution in [-0.2, 0) is 11.3 Å². The first-order chi connectivity index (χ1) is 10.8. The van der Waals surface area contributed by atoms with Crippen LogP contribution in [0.15, 0.2) is 24.4 Å². The van der Waals surface area contributed by atoms with Crippen LogP contribution in [0.25, 0.3) is 10.9 Å². The van der Waals surface area contributed by atoms with Crippen LogP contribution in [-0.4, -0.2) is 41.3 Å². The highest BCUT2D eigenvalue weighted by molar-refractivity contribution is 6.08. The van der Waals surface area contributed by atoms with Crippen molar-refractivity contribution in [2.45, 2.75) is 25.4 Å². The van der Waals surface area contributed by atoms with Crippen molar-refractivity contribution in [1.29, 1.82) is 0 Å². The highest BCUT2D eigenvalue weighted by Gasteiger charge is 2.35. The van der Waals surface area contributed by atoms with Gasteiger partial charge in [-0.15, -0.1) is 0 Å². The number of hydrogen-bond acceptors (Lipinski definition) is 4. The molecule has 4 rings (SSSR count). The third-order valence-corrected chi connectivity index (χ3v) is 4.55. The summed E-state index contributed by atoms with van der Waals surface area (Å²) in [5.74, 6) is -0.0128. The van der Waals surface area contributed by atoms with E-state index in [0.29, 0.717) is 24.3 Å². The number of ether oxygens (including phenoxy) is 1. The van der Waals surface area contributed by atoms with E-state index in [1.807, 2.05) is 17.0 Å². The van der Waals surface area contributed by atoms with Crippen molar-refractivity contribution < 1.29 is 14.3 Å².